The Bertz CT molecular complexity index is 721. The fraction of sp³-hybridized carbons (Fsp3) is 0.267. The first kappa shape index (κ1) is 13.4. The van der Waals surface area contributed by atoms with Gasteiger partial charge in [0.15, 0.2) is 0 Å². The minimum Gasteiger partial charge on any atom is -0.478 e. The number of carbonyl (C=O) groups excluding carboxylic acids is 1. The fourth-order valence-corrected chi connectivity index (χ4v) is 2.72. The summed E-state index contributed by atoms with van der Waals surface area (Å²) in [5, 5.41) is 13.1. The maximum Gasteiger partial charge on any atom is 0.339 e. The monoisotopic (exact) mass is 285 g/mol. The highest BCUT2D eigenvalue weighted by atomic mass is 16.4. The topological polar surface area (TPSA) is 75.4 Å². The number of anilines is 1. The molecule has 21 heavy (non-hydrogen) atoms. The maximum absolute atomic E-state index is 12.8. The molecule has 0 radical (unpaired) electrons. The molecule has 1 aromatic carbocycles. The molecule has 1 aliphatic heterocycles. The predicted octanol–water partition coefficient (Wildman–Crippen LogP) is 1.71. The molecular formula is C15H15N3O3. The molecule has 0 saturated heterocycles. The van der Waals surface area contributed by atoms with Crippen LogP contribution in [0.3, 0.4) is 0 Å². The van der Waals surface area contributed by atoms with Gasteiger partial charge in [0, 0.05) is 19.3 Å². The van der Waals surface area contributed by atoms with Crippen molar-refractivity contribution in [2.45, 2.75) is 12.8 Å². The highest BCUT2D eigenvalue weighted by Gasteiger charge is 2.29. The summed E-state index contributed by atoms with van der Waals surface area (Å²) in [6, 6.07) is 7.71. The Morgan fingerprint density at radius 1 is 1.29 bits per heavy atom. The molecule has 6 nitrogen and oxygen atoms in total. The lowest BCUT2D eigenvalue weighted by Gasteiger charge is -2.29. The molecule has 0 spiro atoms. The largest absolute Gasteiger partial charge is 0.478 e. The van der Waals surface area contributed by atoms with Crippen LogP contribution in [0.15, 0.2) is 30.5 Å². The van der Waals surface area contributed by atoms with Gasteiger partial charge in [-0.2, -0.15) is 5.10 Å². The molecular weight excluding hydrogens is 270 g/mol. The summed E-state index contributed by atoms with van der Waals surface area (Å²) in [6.45, 7) is 0.583. The highest BCUT2D eigenvalue weighted by molar-refractivity contribution is 6.11. The van der Waals surface area contributed by atoms with Crippen molar-refractivity contribution in [1.29, 1.82) is 0 Å². The first-order valence-electron chi connectivity index (χ1n) is 6.74. The van der Waals surface area contributed by atoms with Crippen LogP contribution in [0.1, 0.15) is 32.8 Å². The molecule has 1 aliphatic rings. The first-order chi connectivity index (χ1) is 10.1. The summed E-state index contributed by atoms with van der Waals surface area (Å²) in [5.41, 5.74) is 2.01. The van der Waals surface area contributed by atoms with E-state index >= 15 is 0 Å². The van der Waals surface area contributed by atoms with Gasteiger partial charge in [-0.15, -0.1) is 0 Å². The quantitative estimate of drug-likeness (QED) is 0.911. The number of amides is 1. The Morgan fingerprint density at radius 2 is 2.05 bits per heavy atom. The number of nitrogens with zero attached hydrogens (tertiary/aromatic N) is 3. The molecule has 6 heteroatoms. The van der Waals surface area contributed by atoms with Crippen LogP contribution in [-0.2, 0) is 13.5 Å². The van der Waals surface area contributed by atoms with E-state index in [1.54, 1.807) is 11.9 Å². The third-order valence-electron chi connectivity index (χ3n) is 3.73. The van der Waals surface area contributed by atoms with Gasteiger partial charge < -0.3 is 10.0 Å². The van der Waals surface area contributed by atoms with Crippen LogP contribution >= 0.6 is 0 Å². The van der Waals surface area contributed by atoms with Gasteiger partial charge in [-0.05, 0) is 24.5 Å². The minimum atomic E-state index is -1.14. The second-order valence-corrected chi connectivity index (χ2v) is 5.02. The summed E-state index contributed by atoms with van der Waals surface area (Å²) >= 11 is 0. The predicted molar refractivity (Wildman–Crippen MR) is 76.6 cm³/mol. The number of fused-ring (bicyclic) bond motifs is 1. The lowest BCUT2D eigenvalue weighted by Crippen LogP contribution is -2.37. The third kappa shape index (κ3) is 2.18. The summed E-state index contributed by atoms with van der Waals surface area (Å²) in [5.74, 6) is -1.46. The fourth-order valence-electron chi connectivity index (χ4n) is 2.72. The van der Waals surface area contributed by atoms with Gasteiger partial charge in [0.2, 0.25) is 0 Å². The molecule has 108 valence electrons. The molecule has 2 aromatic rings. The number of carboxylic acids is 1. The molecule has 2 heterocycles. The van der Waals surface area contributed by atoms with Crippen molar-refractivity contribution in [2.75, 3.05) is 11.4 Å². The number of para-hydroxylation sites is 1. The van der Waals surface area contributed by atoms with Gasteiger partial charge in [0.1, 0.15) is 11.3 Å². The van der Waals surface area contributed by atoms with Crippen LogP contribution < -0.4 is 4.90 Å². The van der Waals surface area contributed by atoms with Crippen LogP contribution in [0.4, 0.5) is 5.69 Å². The van der Waals surface area contributed by atoms with Crippen molar-refractivity contribution < 1.29 is 14.7 Å². The van der Waals surface area contributed by atoms with Crippen molar-refractivity contribution in [1.82, 2.24) is 9.78 Å². The molecule has 0 atom stereocenters. The number of rotatable bonds is 2. The maximum atomic E-state index is 12.8. The van der Waals surface area contributed by atoms with E-state index in [9.17, 15) is 14.7 Å². The summed E-state index contributed by atoms with van der Waals surface area (Å²) in [7, 11) is 1.58. The van der Waals surface area contributed by atoms with E-state index in [1.165, 1.54) is 10.9 Å². The van der Waals surface area contributed by atoms with Gasteiger partial charge in [-0.1, -0.05) is 18.2 Å². The van der Waals surface area contributed by atoms with Crippen molar-refractivity contribution in [3.05, 3.63) is 47.3 Å². The van der Waals surface area contributed by atoms with Crippen molar-refractivity contribution >= 4 is 17.6 Å². The summed E-state index contributed by atoms with van der Waals surface area (Å²) in [6.07, 6.45) is 3.01. The second kappa shape index (κ2) is 5.05. The van der Waals surface area contributed by atoms with E-state index in [0.29, 0.717) is 6.54 Å². The standard InChI is InChI=1S/C15H15N3O3/c1-17-13(11(9-16-17)15(20)21)14(19)18-8-4-6-10-5-2-3-7-12(10)18/h2-3,5,7,9H,4,6,8H2,1H3,(H,20,21). The third-order valence-corrected chi connectivity index (χ3v) is 3.73. The SMILES string of the molecule is Cn1ncc(C(=O)O)c1C(=O)N1CCCc2ccccc21. The Hall–Kier alpha value is -2.63. The van der Waals surface area contributed by atoms with Crippen LogP contribution in [0, 0.1) is 0 Å². The van der Waals surface area contributed by atoms with Gasteiger partial charge >= 0.3 is 5.97 Å². The van der Waals surface area contributed by atoms with E-state index in [-0.39, 0.29) is 17.2 Å². The molecule has 1 aromatic heterocycles. The molecule has 1 N–H and O–H groups in total. The Balaban J connectivity index is 2.05. The number of carbonyl (C=O) groups is 2. The van der Waals surface area contributed by atoms with Gasteiger partial charge in [0.05, 0.1) is 6.20 Å². The number of benzene rings is 1. The number of carboxylic acid groups (broad SMARTS) is 1. The van der Waals surface area contributed by atoms with Crippen LogP contribution in [0.25, 0.3) is 0 Å². The van der Waals surface area contributed by atoms with E-state index in [4.69, 9.17) is 0 Å². The zero-order valence-electron chi connectivity index (χ0n) is 11.6. The average molecular weight is 285 g/mol. The lowest BCUT2D eigenvalue weighted by molar-refractivity contribution is 0.0691. The summed E-state index contributed by atoms with van der Waals surface area (Å²) < 4.78 is 1.32. The van der Waals surface area contributed by atoms with E-state index in [0.717, 1.165) is 24.1 Å². The van der Waals surface area contributed by atoms with Crippen molar-refractivity contribution in [3.8, 4) is 0 Å². The molecule has 0 fully saturated rings. The second-order valence-electron chi connectivity index (χ2n) is 5.02. The Morgan fingerprint density at radius 3 is 2.81 bits per heavy atom. The zero-order chi connectivity index (χ0) is 15.0. The number of aromatic carboxylic acids is 1. The lowest BCUT2D eigenvalue weighted by atomic mass is 10.0. The van der Waals surface area contributed by atoms with E-state index < -0.39 is 5.97 Å². The van der Waals surface area contributed by atoms with Gasteiger partial charge in [-0.3, -0.25) is 9.48 Å². The normalized spacial score (nSPS) is 13.9. The Kier molecular flexibility index (Phi) is 3.21. The summed E-state index contributed by atoms with van der Waals surface area (Å²) in [4.78, 5) is 25.7. The number of hydrogen-bond acceptors (Lipinski definition) is 3. The highest BCUT2D eigenvalue weighted by Crippen LogP contribution is 2.28. The van der Waals surface area contributed by atoms with E-state index in [1.807, 2.05) is 24.3 Å². The molecule has 0 bridgehead atoms. The Labute approximate surface area is 121 Å². The van der Waals surface area contributed by atoms with Crippen molar-refractivity contribution in [3.63, 3.8) is 0 Å². The van der Waals surface area contributed by atoms with Gasteiger partial charge in [-0.25, -0.2) is 4.79 Å². The van der Waals surface area contributed by atoms with Crippen LogP contribution in [0.2, 0.25) is 0 Å². The molecule has 0 unspecified atom stereocenters. The van der Waals surface area contributed by atoms with Gasteiger partial charge in [0.25, 0.3) is 5.91 Å². The zero-order valence-corrected chi connectivity index (χ0v) is 11.6. The molecule has 3 rings (SSSR count). The molecule has 1 amide bonds. The molecule has 0 saturated carbocycles. The van der Waals surface area contributed by atoms with E-state index in [2.05, 4.69) is 5.10 Å². The van der Waals surface area contributed by atoms with Crippen LogP contribution in [0.5, 0.6) is 0 Å². The number of aromatic nitrogens is 2. The minimum absolute atomic E-state index is 0.0643. The van der Waals surface area contributed by atoms with Crippen molar-refractivity contribution in [2.24, 2.45) is 7.05 Å². The van der Waals surface area contributed by atoms with Crippen LogP contribution in [-0.4, -0.2) is 33.3 Å². The molecule has 0 aliphatic carbocycles. The number of aryl methyl sites for hydroxylation is 2. The first-order valence-corrected chi connectivity index (χ1v) is 6.74. The average Bonchev–Trinajstić information content (AvgIpc) is 2.88. The number of hydrogen-bond donors (Lipinski definition) is 1. The smallest absolute Gasteiger partial charge is 0.339 e.